The predicted molar refractivity (Wildman–Crippen MR) is 79.9 cm³/mol. The van der Waals surface area contributed by atoms with E-state index in [1.54, 1.807) is 11.3 Å². The fraction of sp³-hybridized carbons (Fsp3) is 0.571. The second kappa shape index (κ2) is 4.86. The van der Waals surface area contributed by atoms with E-state index in [2.05, 4.69) is 9.88 Å². The van der Waals surface area contributed by atoms with Crippen LogP contribution in [0.25, 0.3) is 10.2 Å². The quantitative estimate of drug-likeness (QED) is 0.869. The molecule has 0 unspecified atom stereocenters. The second-order valence-electron chi connectivity index (χ2n) is 5.38. The highest BCUT2D eigenvalue weighted by atomic mass is 32.1. The molecule has 0 amide bonds. The number of fused-ring (bicyclic) bond motifs is 3. The molecular formula is C14H17N3O2S. The van der Waals surface area contributed by atoms with Crippen LogP contribution in [-0.4, -0.2) is 36.3 Å². The summed E-state index contributed by atoms with van der Waals surface area (Å²) in [5.74, 6) is 0.706. The van der Waals surface area contributed by atoms with Gasteiger partial charge in [-0.15, -0.1) is 11.3 Å². The van der Waals surface area contributed by atoms with E-state index in [1.807, 2.05) is 0 Å². The van der Waals surface area contributed by atoms with Crippen molar-refractivity contribution in [2.75, 3.05) is 31.2 Å². The molecule has 1 saturated heterocycles. The number of thiophene rings is 1. The van der Waals surface area contributed by atoms with Crippen LogP contribution >= 0.6 is 11.3 Å². The lowest BCUT2D eigenvalue weighted by atomic mass is 9.98. The van der Waals surface area contributed by atoms with E-state index >= 15 is 0 Å². The smallest absolute Gasteiger partial charge is 0.270 e. The van der Waals surface area contributed by atoms with Gasteiger partial charge in [-0.2, -0.15) is 0 Å². The third-order valence-corrected chi connectivity index (χ3v) is 5.38. The fourth-order valence-electron chi connectivity index (χ4n) is 3.04. The minimum absolute atomic E-state index is 0.0101. The maximum absolute atomic E-state index is 12.3. The van der Waals surface area contributed by atoms with Gasteiger partial charge < -0.3 is 9.64 Å². The molecule has 0 spiro atoms. The molecule has 2 aromatic heterocycles. The van der Waals surface area contributed by atoms with Gasteiger partial charge in [-0.05, 0) is 31.2 Å². The minimum Gasteiger partial charge on any atom is -0.378 e. The van der Waals surface area contributed by atoms with E-state index in [9.17, 15) is 4.79 Å². The van der Waals surface area contributed by atoms with Gasteiger partial charge in [-0.1, -0.05) is 0 Å². The molecule has 2 aromatic rings. The van der Waals surface area contributed by atoms with Crippen LogP contribution in [-0.2, 0) is 17.6 Å². The molecule has 3 heterocycles. The van der Waals surface area contributed by atoms with Crippen LogP contribution in [0.15, 0.2) is 4.79 Å². The van der Waals surface area contributed by atoms with Crippen LogP contribution in [0, 0.1) is 0 Å². The van der Waals surface area contributed by atoms with Crippen LogP contribution in [0.2, 0.25) is 0 Å². The molecule has 1 N–H and O–H groups in total. The van der Waals surface area contributed by atoms with Crippen molar-refractivity contribution >= 4 is 27.5 Å². The average molecular weight is 291 g/mol. The summed E-state index contributed by atoms with van der Waals surface area (Å²) in [5, 5.41) is 0. The zero-order valence-electron chi connectivity index (χ0n) is 11.3. The Labute approximate surface area is 120 Å². The number of hydrogen-bond acceptors (Lipinski definition) is 5. The Hall–Kier alpha value is -1.40. The van der Waals surface area contributed by atoms with Gasteiger partial charge in [-0.25, -0.2) is 4.98 Å². The maximum atomic E-state index is 12.3. The summed E-state index contributed by atoms with van der Waals surface area (Å²) in [5.41, 5.74) is 2.27. The number of aromatic nitrogens is 2. The normalized spacial score (nSPS) is 19.3. The standard InChI is InChI=1S/C14H17N3O2S/c18-13-12-11(9-3-1-2-4-10(9)20-12)15-14(16-13)17-5-7-19-8-6-17/h1-8H2,(H,15,16,18). The molecule has 1 fully saturated rings. The third-order valence-electron chi connectivity index (χ3n) is 4.10. The van der Waals surface area contributed by atoms with Crippen molar-refractivity contribution in [3.8, 4) is 0 Å². The van der Waals surface area contributed by atoms with Crippen molar-refractivity contribution in [3.05, 3.63) is 20.8 Å². The summed E-state index contributed by atoms with van der Waals surface area (Å²) in [6.07, 6.45) is 4.60. The van der Waals surface area contributed by atoms with E-state index in [-0.39, 0.29) is 5.56 Å². The Balaban J connectivity index is 1.85. The fourth-order valence-corrected chi connectivity index (χ4v) is 4.26. The molecule has 0 bridgehead atoms. The van der Waals surface area contributed by atoms with Crippen molar-refractivity contribution in [1.82, 2.24) is 9.97 Å². The van der Waals surface area contributed by atoms with Crippen LogP contribution in [0.4, 0.5) is 5.95 Å². The van der Waals surface area contributed by atoms with E-state index in [0.717, 1.165) is 36.1 Å². The van der Waals surface area contributed by atoms with E-state index in [0.29, 0.717) is 19.2 Å². The van der Waals surface area contributed by atoms with Crippen molar-refractivity contribution < 1.29 is 4.74 Å². The van der Waals surface area contributed by atoms with Gasteiger partial charge in [0, 0.05) is 18.0 Å². The molecule has 6 heteroatoms. The predicted octanol–water partition coefficient (Wildman–Crippen LogP) is 1.70. The number of nitrogens with zero attached hydrogens (tertiary/aromatic N) is 2. The average Bonchev–Trinajstić information content (AvgIpc) is 2.88. The monoisotopic (exact) mass is 291 g/mol. The highest BCUT2D eigenvalue weighted by Gasteiger charge is 2.21. The van der Waals surface area contributed by atoms with Gasteiger partial charge in [0.2, 0.25) is 5.95 Å². The first-order valence-corrected chi connectivity index (χ1v) is 8.02. The Morgan fingerprint density at radius 1 is 1.20 bits per heavy atom. The van der Waals surface area contributed by atoms with Gasteiger partial charge >= 0.3 is 0 Å². The van der Waals surface area contributed by atoms with Gasteiger partial charge in [-0.3, -0.25) is 9.78 Å². The molecule has 2 aliphatic rings. The van der Waals surface area contributed by atoms with E-state index in [1.165, 1.54) is 23.3 Å². The molecule has 0 saturated carbocycles. The number of hydrogen-bond donors (Lipinski definition) is 1. The zero-order valence-corrected chi connectivity index (χ0v) is 12.1. The Kier molecular flexibility index (Phi) is 3.00. The zero-order chi connectivity index (χ0) is 13.5. The second-order valence-corrected chi connectivity index (χ2v) is 6.48. The SMILES string of the molecule is O=c1[nH]c(N2CCOCC2)nc2c3c(sc12)CCCC3. The molecule has 1 aliphatic carbocycles. The van der Waals surface area contributed by atoms with Crippen molar-refractivity contribution in [3.63, 3.8) is 0 Å². The van der Waals surface area contributed by atoms with Crippen molar-refractivity contribution in [2.24, 2.45) is 0 Å². The van der Waals surface area contributed by atoms with E-state index in [4.69, 9.17) is 9.72 Å². The summed E-state index contributed by atoms with van der Waals surface area (Å²) in [4.78, 5) is 23.5. The van der Waals surface area contributed by atoms with Crippen LogP contribution in [0.1, 0.15) is 23.3 Å². The van der Waals surface area contributed by atoms with Crippen LogP contribution in [0.5, 0.6) is 0 Å². The summed E-state index contributed by atoms with van der Waals surface area (Å²) < 4.78 is 6.15. The minimum atomic E-state index is 0.0101. The number of aromatic amines is 1. The van der Waals surface area contributed by atoms with Crippen LogP contribution < -0.4 is 10.5 Å². The largest absolute Gasteiger partial charge is 0.378 e. The molecule has 1 aliphatic heterocycles. The molecule has 0 atom stereocenters. The lowest BCUT2D eigenvalue weighted by Crippen LogP contribution is -2.38. The lowest BCUT2D eigenvalue weighted by molar-refractivity contribution is 0.122. The number of aryl methyl sites for hydroxylation is 2. The van der Waals surface area contributed by atoms with E-state index < -0.39 is 0 Å². The number of H-pyrrole nitrogens is 1. The Morgan fingerprint density at radius 3 is 2.85 bits per heavy atom. The van der Waals surface area contributed by atoms with Crippen molar-refractivity contribution in [1.29, 1.82) is 0 Å². The highest BCUT2D eigenvalue weighted by molar-refractivity contribution is 7.19. The molecule has 0 radical (unpaired) electrons. The number of morpholine rings is 1. The van der Waals surface area contributed by atoms with Gasteiger partial charge in [0.1, 0.15) is 4.70 Å². The van der Waals surface area contributed by atoms with Gasteiger partial charge in [0.05, 0.1) is 18.7 Å². The molecular weight excluding hydrogens is 274 g/mol. The first kappa shape index (κ1) is 12.3. The Morgan fingerprint density at radius 2 is 2.00 bits per heavy atom. The molecule has 106 valence electrons. The maximum Gasteiger partial charge on any atom is 0.270 e. The molecule has 0 aromatic carbocycles. The first-order valence-electron chi connectivity index (χ1n) is 7.20. The summed E-state index contributed by atoms with van der Waals surface area (Å²) in [7, 11) is 0. The summed E-state index contributed by atoms with van der Waals surface area (Å²) in [6, 6.07) is 0. The lowest BCUT2D eigenvalue weighted by Gasteiger charge is -2.27. The Bertz CT molecular complexity index is 700. The molecule has 5 nitrogen and oxygen atoms in total. The summed E-state index contributed by atoms with van der Waals surface area (Å²) >= 11 is 1.63. The number of rotatable bonds is 1. The van der Waals surface area contributed by atoms with Crippen LogP contribution in [0.3, 0.4) is 0 Å². The number of anilines is 1. The first-order chi connectivity index (χ1) is 9.83. The van der Waals surface area contributed by atoms with Gasteiger partial charge in [0.15, 0.2) is 0 Å². The van der Waals surface area contributed by atoms with Crippen molar-refractivity contribution in [2.45, 2.75) is 25.7 Å². The molecule has 20 heavy (non-hydrogen) atoms. The topological polar surface area (TPSA) is 58.2 Å². The van der Waals surface area contributed by atoms with Gasteiger partial charge in [0.25, 0.3) is 5.56 Å². The number of ether oxygens (including phenoxy) is 1. The summed E-state index contributed by atoms with van der Waals surface area (Å²) in [6.45, 7) is 2.98. The third kappa shape index (κ3) is 1.94. The highest BCUT2D eigenvalue weighted by Crippen LogP contribution is 2.34. The number of nitrogens with one attached hydrogen (secondary N) is 1. The molecule has 4 rings (SSSR count).